The van der Waals surface area contributed by atoms with Crippen molar-refractivity contribution in [2.24, 2.45) is 11.7 Å². The van der Waals surface area contributed by atoms with Crippen molar-refractivity contribution in [3.63, 3.8) is 0 Å². The van der Waals surface area contributed by atoms with E-state index in [9.17, 15) is 0 Å². The van der Waals surface area contributed by atoms with Gasteiger partial charge in [0.2, 0.25) is 0 Å². The van der Waals surface area contributed by atoms with Crippen LogP contribution in [0.5, 0.6) is 0 Å². The monoisotopic (exact) mass is 288 g/mol. The molecule has 2 N–H and O–H groups in total. The Kier molecular flexibility index (Phi) is 4.18. The lowest BCUT2D eigenvalue weighted by atomic mass is 9.84. The molecule has 1 aromatic heterocycles. The molecule has 2 aliphatic rings. The molecule has 0 bridgehead atoms. The first-order chi connectivity index (χ1) is 10.1. The highest BCUT2D eigenvalue weighted by atomic mass is 15.2. The Morgan fingerprint density at radius 1 is 1.29 bits per heavy atom. The second-order valence-electron chi connectivity index (χ2n) is 6.77. The van der Waals surface area contributed by atoms with E-state index in [0.717, 1.165) is 36.6 Å². The van der Waals surface area contributed by atoms with Gasteiger partial charge in [-0.2, -0.15) is 0 Å². The first-order valence-corrected chi connectivity index (χ1v) is 8.22. The van der Waals surface area contributed by atoms with Crippen molar-refractivity contribution in [2.45, 2.75) is 45.7 Å². The van der Waals surface area contributed by atoms with Crippen molar-refractivity contribution in [1.82, 2.24) is 9.88 Å². The predicted molar refractivity (Wildman–Crippen MR) is 87.6 cm³/mol. The molecule has 1 aromatic rings. The number of nitrogens with zero attached hydrogens (tertiary/aromatic N) is 3. The van der Waals surface area contributed by atoms with Gasteiger partial charge in [-0.3, -0.25) is 0 Å². The summed E-state index contributed by atoms with van der Waals surface area (Å²) in [5, 5.41) is 0. The number of likely N-dealkylation sites (tertiary alicyclic amines) is 1. The molecule has 2 atom stereocenters. The molecule has 3 rings (SSSR count). The van der Waals surface area contributed by atoms with E-state index in [-0.39, 0.29) is 0 Å². The SMILES string of the molecule is Cc1cc(C)c(CN)c(N2CCC3C(CCCN3C)C2)n1. The standard InChI is InChI=1S/C17H28N4/c1-12-9-13(2)19-17(15(12)10-18)21-8-6-16-14(11-21)5-4-7-20(16)3/h9,14,16H,4-8,10-11,18H2,1-3H3. The van der Waals surface area contributed by atoms with Crippen molar-refractivity contribution < 1.29 is 0 Å². The van der Waals surface area contributed by atoms with Crippen LogP contribution >= 0.6 is 0 Å². The van der Waals surface area contributed by atoms with Crippen LogP contribution in [-0.4, -0.2) is 42.6 Å². The molecule has 2 unspecified atom stereocenters. The number of pyridine rings is 1. The summed E-state index contributed by atoms with van der Waals surface area (Å²) in [5.41, 5.74) is 9.59. The maximum absolute atomic E-state index is 5.99. The smallest absolute Gasteiger partial charge is 0.133 e. The molecule has 0 amide bonds. The van der Waals surface area contributed by atoms with E-state index >= 15 is 0 Å². The number of aromatic nitrogens is 1. The first-order valence-electron chi connectivity index (χ1n) is 8.22. The minimum atomic E-state index is 0.582. The van der Waals surface area contributed by atoms with Crippen molar-refractivity contribution >= 4 is 5.82 Å². The molecule has 4 heteroatoms. The maximum atomic E-state index is 5.99. The minimum absolute atomic E-state index is 0.582. The Hall–Kier alpha value is -1.13. The Bertz CT molecular complexity index is 514. The Morgan fingerprint density at radius 2 is 2.10 bits per heavy atom. The molecule has 2 aliphatic heterocycles. The van der Waals surface area contributed by atoms with Gasteiger partial charge in [0.15, 0.2) is 0 Å². The summed E-state index contributed by atoms with van der Waals surface area (Å²) in [5.74, 6) is 1.92. The molecule has 0 saturated carbocycles. The number of nitrogens with two attached hydrogens (primary N) is 1. The van der Waals surface area contributed by atoms with E-state index in [1.807, 2.05) is 0 Å². The fourth-order valence-electron chi connectivity index (χ4n) is 4.20. The van der Waals surface area contributed by atoms with Gasteiger partial charge in [0.25, 0.3) is 0 Å². The summed E-state index contributed by atoms with van der Waals surface area (Å²) in [6.07, 6.45) is 3.93. The lowest BCUT2D eigenvalue weighted by Gasteiger charge is -2.46. The number of rotatable bonds is 2. The van der Waals surface area contributed by atoms with Crippen LogP contribution in [0.3, 0.4) is 0 Å². The molecule has 0 aliphatic carbocycles. The van der Waals surface area contributed by atoms with Crippen LogP contribution in [0.1, 0.15) is 36.1 Å². The van der Waals surface area contributed by atoms with E-state index in [2.05, 4.69) is 36.8 Å². The number of anilines is 1. The third kappa shape index (κ3) is 2.79. The third-order valence-corrected chi connectivity index (χ3v) is 5.30. The van der Waals surface area contributed by atoms with Gasteiger partial charge in [0.05, 0.1) is 0 Å². The molecule has 3 heterocycles. The molecule has 116 valence electrons. The lowest BCUT2D eigenvalue weighted by Crippen LogP contribution is -2.53. The molecular weight excluding hydrogens is 260 g/mol. The maximum Gasteiger partial charge on any atom is 0.133 e. The summed E-state index contributed by atoms with van der Waals surface area (Å²) < 4.78 is 0. The third-order valence-electron chi connectivity index (χ3n) is 5.30. The highest BCUT2D eigenvalue weighted by molar-refractivity contribution is 5.52. The van der Waals surface area contributed by atoms with Gasteiger partial charge in [-0.05, 0) is 64.3 Å². The van der Waals surface area contributed by atoms with Crippen molar-refractivity contribution in [3.8, 4) is 0 Å². The Balaban J connectivity index is 1.85. The topological polar surface area (TPSA) is 45.4 Å². The summed E-state index contributed by atoms with van der Waals surface area (Å²) in [6.45, 7) is 8.32. The average molecular weight is 288 g/mol. The lowest BCUT2D eigenvalue weighted by molar-refractivity contribution is 0.102. The summed E-state index contributed by atoms with van der Waals surface area (Å²) in [4.78, 5) is 9.87. The quantitative estimate of drug-likeness (QED) is 0.905. The van der Waals surface area contributed by atoms with E-state index < -0.39 is 0 Å². The van der Waals surface area contributed by atoms with Gasteiger partial charge in [0, 0.05) is 36.9 Å². The number of hydrogen-bond acceptors (Lipinski definition) is 4. The van der Waals surface area contributed by atoms with E-state index in [4.69, 9.17) is 10.7 Å². The predicted octanol–water partition coefficient (Wildman–Crippen LogP) is 2.08. The Labute approximate surface area is 128 Å². The van der Waals surface area contributed by atoms with E-state index in [1.54, 1.807) is 0 Å². The molecule has 2 saturated heterocycles. The van der Waals surface area contributed by atoms with Crippen LogP contribution < -0.4 is 10.6 Å². The molecule has 4 nitrogen and oxygen atoms in total. The molecule has 0 aromatic carbocycles. The fraction of sp³-hybridized carbons (Fsp3) is 0.706. The van der Waals surface area contributed by atoms with Crippen LogP contribution in [0, 0.1) is 19.8 Å². The van der Waals surface area contributed by atoms with Crippen molar-refractivity contribution in [1.29, 1.82) is 0 Å². The van der Waals surface area contributed by atoms with Gasteiger partial charge in [-0.1, -0.05) is 0 Å². The van der Waals surface area contributed by atoms with Gasteiger partial charge in [-0.25, -0.2) is 4.98 Å². The highest BCUT2D eigenvalue weighted by Crippen LogP contribution is 2.33. The van der Waals surface area contributed by atoms with Crippen LogP contribution in [-0.2, 0) is 6.54 Å². The first kappa shape index (κ1) is 14.8. The zero-order valence-corrected chi connectivity index (χ0v) is 13.6. The molecule has 0 spiro atoms. The summed E-state index contributed by atoms with van der Waals surface area (Å²) in [6, 6.07) is 2.91. The number of fused-ring (bicyclic) bond motifs is 1. The zero-order valence-electron chi connectivity index (χ0n) is 13.6. The second-order valence-corrected chi connectivity index (χ2v) is 6.77. The van der Waals surface area contributed by atoms with Crippen LogP contribution in [0.4, 0.5) is 5.82 Å². The van der Waals surface area contributed by atoms with Gasteiger partial charge < -0.3 is 15.5 Å². The fourth-order valence-corrected chi connectivity index (χ4v) is 4.20. The largest absolute Gasteiger partial charge is 0.356 e. The van der Waals surface area contributed by atoms with Crippen molar-refractivity contribution in [3.05, 3.63) is 22.9 Å². The minimum Gasteiger partial charge on any atom is -0.356 e. The van der Waals surface area contributed by atoms with Crippen LogP contribution in [0.25, 0.3) is 0 Å². The molecule has 21 heavy (non-hydrogen) atoms. The van der Waals surface area contributed by atoms with Crippen LogP contribution in [0.15, 0.2) is 6.07 Å². The van der Waals surface area contributed by atoms with Gasteiger partial charge in [0.1, 0.15) is 5.82 Å². The number of piperidine rings is 2. The number of aryl methyl sites for hydroxylation is 2. The molecule has 0 radical (unpaired) electrons. The normalized spacial score (nSPS) is 26.8. The zero-order chi connectivity index (χ0) is 15.0. The van der Waals surface area contributed by atoms with Gasteiger partial charge in [-0.15, -0.1) is 0 Å². The molecular formula is C17H28N4. The highest BCUT2D eigenvalue weighted by Gasteiger charge is 2.35. The van der Waals surface area contributed by atoms with E-state index in [0.29, 0.717) is 6.54 Å². The Morgan fingerprint density at radius 3 is 2.86 bits per heavy atom. The summed E-state index contributed by atoms with van der Waals surface area (Å²) in [7, 11) is 2.28. The average Bonchev–Trinajstić information content (AvgIpc) is 2.46. The summed E-state index contributed by atoms with van der Waals surface area (Å²) >= 11 is 0. The van der Waals surface area contributed by atoms with E-state index in [1.165, 1.54) is 36.9 Å². The van der Waals surface area contributed by atoms with Crippen molar-refractivity contribution in [2.75, 3.05) is 31.6 Å². The number of hydrogen-bond donors (Lipinski definition) is 1. The molecule has 2 fully saturated rings. The second kappa shape index (κ2) is 5.93. The van der Waals surface area contributed by atoms with Crippen LogP contribution in [0.2, 0.25) is 0 Å². The van der Waals surface area contributed by atoms with Gasteiger partial charge >= 0.3 is 0 Å².